The normalized spacial score (nSPS) is 32.4. The summed E-state index contributed by atoms with van der Waals surface area (Å²) in [5, 5.41) is 3.44. The van der Waals surface area contributed by atoms with E-state index < -0.39 is 0 Å². The van der Waals surface area contributed by atoms with E-state index in [9.17, 15) is 4.79 Å². The lowest BCUT2D eigenvalue weighted by Gasteiger charge is -2.19. The van der Waals surface area contributed by atoms with Crippen LogP contribution in [0, 0.1) is 0 Å². The summed E-state index contributed by atoms with van der Waals surface area (Å²) in [7, 11) is 0. The molecule has 1 aliphatic heterocycles. The number of benzene rings is 1. The van der Waals surface area contributed by atoms with Gasteiger partial charge in [-0.15, -0.1) is 0 Å². The van der Waals surface area contributed by atoms with Crippen LogP contribution in [0.15, 0.2) is 30.3 Å². The highest BCUT2D eigenvalue weighted by Gasteiger charge is 2.50. The van der Waals surface area contributed by atoms with Crippen molar-refractivity contribution in [2.45, 2.75) is 37.3 Å². The molecule has 2 aliphatic rings. The molecule has 1 aromatic carbocycles. The Bertz CT molecular complexity index is 490. The van der Waals surface area contributed by atoms with Crippen molar-refractivity contribution in [3.63, 3.8) is 0 Å². The Morgan fingerprint density at radius 1 is 1.45 bits per heavy atom. The fourth-order valence-corrected chi connectivity index (χ4v) is 3.13. The highest BCUT2D eigenvalue weighted by atomic mass is 16.2. The van der Waals surface area contributed by atoms with Crippen LogP contribution in [0.2, 0.25) is 0 Å². The molecule has 1 aromatic rings. The number of nitrogens with one attached hydrogen (secondary N) is 1. The standard InChI is InChI=1S/C16H23N3O/c1-16(9-14(16)12-5-3-2-4-6-12)18-10-15(20)19-8-7-13(17)11-19/h2-6,13-14,18H,7-11,17H2,1H3/t13-,14-,16-/m0/s1. The number of nitrogens with zero attached hydrogens (tertiary/aromatic N) is 1. The van der Waals surface area contributed by atoms with Crippen LogP contribution in [0.25, 0.3) is 0 Å². The summed E-state index contributed by atoms with van der Waals surface area (Å²) in [6, 6.07) is 10.7. The summed E-state index contributed by atoms with van der Waals surface area (Å²) in [6.45, 7) is 4.14. The van der Waals surface area contributed by atoms with Gasteiger partial charge in [0.15, 0.2) is 0 Å². The average molecular weight is 273 g/mol. The maximum Gasteiger partial charge on any atom is 0.236 e. The van der Waals surface area contributed by atoms with Crippen LogP contribution in [0.5, 0.6) is 0 Å². The van der Waals surface area contributed by atoms with Crippen LogP contribution >= 0.6 is 0 Å². The van der Waals surface area contributed by atoms with E-state index in [1.165, 1.54) is 5.56 Å². The summed E-state index contributed by atoms with van der Waals surface area (Å²) in [5.41, 5.74) is 7.27. The van der Waals surface area contributed by atoms with Crippen molar-refractivity contribution in [1.29, 1.82) is 0 Å². The summed E-state index contributed by atoms with van der Waals surface area (Å²) in [6.07, 6.45) is 2.03. The van der Waals surface area contributed by atoms with Crippen molar-refractivity contribution in [2.75, 3.05) is 19.6 Å². The van der Waals surface area contributed by atoms with Gasteiger partial charge in [-0.1, -0.05) is 30.3 Å². The van der Waals surface area contributed by atoms with Gasteiger partial charge in [0.05, 0.1) is 6.54 Å². The second kappa shape index (κ2) is 5.19. The van der Waals surface area contributed by atoms with Crippen LogP contribution in [0.4, 0.5) is 0 Å². The van der Waals surface area contributed by atoms with Gasteiger partial charge in [-0.3, -0.25) is 4.79 Å². The quantitative estimate of drug-likeness (QED) is 0.863. The predicted molar refractivity (Wildman–Crippen MR) is 79.4 cm³/mol. The van der Waals surface area contributed by atoms with Crippen LogP contribution in [-0.4, -0.2) is 42.0 Å². The topological polar surface area (TPSA) is 58.4 Å². The average Bonchev–Trinajstić information content (AvgIpc) is 2.94. The molecule has 1 amide bonds. The van der Waals surface area contributed by atoms with E-state index in [1.54, 1.807) is 0 Å². The van der Waals surface area contributed by atoms with Crippen molar-refractivity contribution in [3.05, 3.63) is 35.9 Å². The molecule has 1 saturated carbocycles. The second-order valence-corrected chi connectivity index (χ2v) is 6.33. The van der Waals surface area contributed by atoms with E-state index in [1.807, 2.05) is 11.0 Å². The molecular weight excluding hydrogens is 250 g/mol. The first-order valence-electron chi connectivity index (χ1n) is 7.42. The van der Waals surface area contributed by atoms with Gasteiger partial charge < -0.3 is 16.0 Å². The summed E-state index contributed by atoms with van der Waals surface area (Å²) >= 11 is 0. The molecule has 3 N–H and O–H groups in total. The first-order valence-corrected chi connectivity index (χ1v) is 7.42. The van der Waals surface area contributed by atoms with Gasteiger partial charge in [0, 0.05) is 30.6 Å². The molecule has 4 nitrogen and oxygen atoms in total. The maximum atomic E-state index is 12.1. The minimum atomic E-state index is 0.0683. The van der Waals surface area contributed by atoms with Crippen molar-refractivity contribution < 1.29 is 4.79 Å². The lowest BCUT2D eigenvalue weighted by molar-refractivity contribution is -0.129. The first-order chi connectivity index (χ1) is 9.58. The largest absolute Gasteiger partial charge is 0.340 e. The van der Waals surface area contributed by atoms with E-state index in [4.69, 9.17) is 5.73 Å². The molecule has 108 valence electrons. The van der Waals surface area contributed by atoms with Gasteiger partial charge in [0.1, 0.15) is 0 Å². The van der Waals surface area contributed by atoms with Gasteiger partial charge in [0.2, 0.25) is 5.91 Å². The zero-order chi connectivity index (χ0) is 14.2. The molecule has 2 fully saturated rings. The number of hydrogen-bond donors (Lipinski definition) is 2. The van der Waals surface area contributed by atoms with E-state index >= 15 is 0 Å². The smallest absolute Gasteiger partial charge is 0.236 e. The van der Waals surface area contributed by atoms with Gasteiger partial charge in [-0.25, -0.2) is 0 Å². The molecule has 1 aliphatic carbocycles. The minimum Gasteiger partial charge on any atom is -0.340 e. The number of carbonyl (C=O) groups excluding carboxylic acids is 1. The molecule has 0 radical (unpaired) electrons. The van der Waals surface area contributed by atoms with Crippen molar-refractivity contribution >= 4 is 5.91 Å². The molecule has 0 unspecified atom stereocenters. The van der Waals surface area contributed by atoms with Crippen LogP contribution < -0.4 is 11.1 Å². The highest BCUT2D eigenvalue weighted by molar-refractivity contribution is 5.78. The van der Waals surface area contributed by atoms with Crippen molar-refractivity contribution in [2.24, 2.45) is 5.73 Å². The van der Waals surface area contributed by atoms with Gasteiger partial charge in [-0.05, 0) is 25.3 Å². The molecule has 0 spiro atoms. The zero-order valence-electron chi connectivity index (χ0n) is 12.0. The SMILES string of the molecule is C[C@]1(NCC(=O)N2CC[C@H](N)C2)C[C@H]1c1ccccc1. The third-order valence-electron chi connectivity index (χ3n) is 4.66. The van der Waals surface area contributed by atoms with E-state index in [-0.39, 0.29) is 17.5 Å². The van der Waals surface area contributed by atoms with E-state index in [0.717, 1.165) is 19.4 Å². The van der Waals surface area contributed by atoms with Crippen molar-refractivity contribution in [1.82, 2.24) is 10.2 Å². The van der Waals surface area contributed by atoms with Crippen LogP contribution in [-0.2, 0) is 4.79 Å². The van der Waals surface area contributed by atoms with Gasteiger partial charge >= 0.3 is 0 Å². The fourth-order valence-electron chi connectivity index (χ4n) is 3.13. The Hall–Kier alpha value is -1.39. The summed E-state index contributed by atoms with van der Waals surface area (Å²) < 4.78 is 0. The molecule has 4 heteroatoms. The number of nitrogens with two attached hydrogens (primary N) is 1. The number of carbonyl (C=O) groups is 1. The van der Waals surface area contributed by atoms with Gasteiger partial charge in [0.25, 0.3) is 0 Å². The summed E-state index contributed by atoms with van der Waals surface area (Å²) in [4.78, 5) is 14.0. The predicted octanol–water partition coefficient (Wildman–Crippen LogP) is 1.08. The zero-order valence-corrected chi connectivity index (χ0v) is 12.0. The summed E-state index contributed by atoms with van der Waals surface area (Å²) in [5.74, 6) is 0.704. The minimum absolute atomic E-state index is 0.0683. The number of rotatable bonds is 4. The molecule has 3 atom stereocenters. The molecule has 20 heavy (non-hydrogen) atoms. The lowest BCUT2D eigenvalue weighted by Crippen LogP contribution is -2.42. The lowest BCUT2D eigenvalue weighted by atomic mass is 10.1. The Morgan fingerprint density at radius 3 is 2.85 bits per heavy atom. The van der Waals surface area contributed by atoms with E-state index in [2.05, 4.69) is 36.5 Å². The Morgan fingerprint density at radius 2 is 2.20 bits per heavy atom. The highest BCUT2D eigenvalue weighted by Crippen LogP contribution is 2.50. The van der Waals surface area contributed by atoms with Crippen molar-refractivity contribution in [3.8, 4) is 0 Å². The fraction of sp³-hybridized carbons (Fsp3) is 0.562. The number of hydrogen-bond acceptors (Lipinski definition) is 3. The maximum absolute atomic E-state index is 12.1. The van der Waals surface area contributed by atoms with Crippen LogP contribution in [0.3, 0.4) is 0 Å². The second-order valence-electron chi connectivity index (χ2n) is 6.33. The molecular formula is C16H23N3O. The molecule has 3 rings (SSSR count). The van der Waals surface area contributed by atoms with Crippen LogP contribution in [0.1, 0.15) is 31.2 Å². The third-order valence-corrected chi connectivity index (χ3v) is 4.66. The number of likely N-dealkylation sites (tertiary alicyclic amines) is 1. The van der Waals surface area contributed by atoms with Gasteiger partial charge in [-0.2, -0.15) is 0 Å². The number of amides is 1. The first kappa shape index (κ1) is 13.6. The Labute approximate surface area is 120 Å². The Balaban J connectivity index is 1.51. The molecule has 0 aromatic heterocycles. The molecule has 0 bridgehead atoms. The van der Waals surface area contributed by atoms with E-state index in [0.29, 0.717) is 19.0 Å². The monoisotopic (exact) mass is 273 g/mol. The third kappa shape index (κ3) is 2.72. The molecule has 1 heterocycles. The molecule has 1 saturated heterocycles. The Kier molecular flexibility index (Phi) is 3.52.